The van der Waals surface area contributed by atoms with Gasteiger partial charge in [-0.25, -0.2) is 4.78 Å². The summed E-state index contributed by atoms with van der Waals surface area (Å²) in [5.41, 5.74) is 9.72. The van der Waals surface area contributed by atoms with Gasteiger partial charge >= 0.3 is 0 Å². The lowest BCUT2D eigenvalue weighted by atomic mass is 9.49. The monoisotopic (exact) mass is 464 g/mol. The summed E-state index contributed by atoms with van der Waals surface area (Å²) < 4.78 is 5.33. The summed E-state index contributed by atoms with van der Waals surface area (Å²) in [7, 11) is 0. The lowest BCUT2D eigenvalue weighted by molar-refractivity contribution is -0.00604. The molecule has 3 unspecified atom stereocenters. The molecule has 180 valence electrons. The first-order valence-corrected chi connectivity index (χ1v) is 13.4. The minimum Gasteiger partial charge on any atom is -0.328 e. The van der Waals surface area contributed by atoms with E-state index in [-0.39, 0.29) is 0 Å². The molecule has 3 saturated carbocycles. The van der Waals surface area contributed by atoms with Gasteiger partial charge in [-0.05, 0) is 79.6 Å². The average molecular weight is 465 g/mol. The van der Waals surface area contributed by atoms with Crippen molar-refractivity contribution in [2.75, 3.05) is 0 Å². The number of allylic oxidation sites excluding steroid dienone is 5. The van der Waals surface area contributed by atoms with Gasteiger partial charge in [-0.1, -0.05) is 99.4 Å². The predicted octanol–water partition coefficient (Wildman–Crippen LogP) is 8.38. The first-order valence-electron chi connectivity index (χ1n) is 13.0. The molecular weight excluding hydrogens is 420 g/mol. The molecule has 1 aromatic rings. The Balaban J connectivity index is 0.000000289. The third kappa shape index (κ3) is 7.20. The molecule has 3 fully saturated rings. The van der Waals surface area contributed by atoms with Gasteiger partial charge in [0.25, 0.3) is 0 Å². The van der Waals surface area contributed by atoms with Gasteiger partial charge in [-0.15, -0.1) is 0 Å². The van der Waals surface area contributed by atoms with Crippen LogP contribution >= 0.6 is 0 Å². The molecule has 3 heteroatoms. The van der Waals surface area contributed by atoms with Crippen LogP contribution in [-0.4, -0.2) is 6.04 Å². The van der Waals surface area contributed by atoms with E-state index in [1.807, 2.05) is 0 Å². The highest BCUT2D eigenvalue weighted by Gasteiger charge is 2.50. The molecule has 2 nitrogen and oxygen atoms in total. The van der Waals surface area contributed by atoms with Crippen molar-refractivity contribution in [3.63, 3.8) is 0 Å². The highest BCUT2D eigenvalue weighted by atomic mass is 32.1. The molecule has 0 heterocycles. The van der Waals surface area contributed by atoms with Gasteiger partial charge in [0.05, 0.1) is 0 Å². The van der Waals surface area contributed by atoms with Gasteiger partial charge in [0.15, 0.2) is 0 Å². The Hall–Kier alpha value is -1.58. The molecule has 5 rings (SSSR count). The Morgan fingerprint density at radius 3 is 2.33 bits per heavy atom. The number of nitrogens with one attached hydrogen (secondary N) is 1. The molecule has 0 radical (unpaired) electrons. The minimum absolute atomic E-state index is 0.466. The fourth-order valence-electron chi connectivity index (χ4n) is 6.97. The van der Waals surface area contributed by atoms with E-state index in [1.54, 1.807) is 5.57 Å². The largest absolute Gasteiger partial charge is 0.328 e. The van der Waals surface area contributed by atoms with Crippen molar-refractivity contribution in [2.24, 2.45) is 28.4 Å². The number of benzene rings is 1. The van der Waals surface area contributed by atoms with E-state index >= 15 is 0 Å². The Kier molecular flexibility index (Phi) is 9.64. The molecule has 4 aliphatic rings. The van der Waals surface area contributed by atoms with Crippen molar-refractivity contribution in [1.29, 1.82) is 4.78 Å². The van der Waals surface area contributed by atoms with Crippen LogP contribution in [0.4, 0.5) is 0 Å². The fraction of sp³-hybridized carbons (Fsp3) is 0.600. The smallest absolute Gasteiger partial charge is 0.0324 e. The molecule has 2 bridgehead atoms. The summed E-state index contributed by atoms with van der Waals surface area (Å²) in [6, 6.07) is 11.5. The van der Waals surface area contributed by atoms with E-state index in [1.165, 1.54) is 76.2 Å². The van der Waals surface area contributed by atoms with Crippen LogP contribution in [0.1, 0.15) is 90.0 Å². The molecule has 3 N–H and O–H groups in total. The Morgan fingerprint density at radius 1 is 1.00 bits per heavy atom. The van der Waals surface area contributed by atoms with Crippen LogP contribution in [0.25, 0.3) is 6.08 Å². The van der Waals surface area contributed by atoms with Crippen LogP contribution < -0.4 is 5.73 Å². The second kappa shape index (κ2) is 12.2. The third-order valence-corrected chi connectivity index (χ3v) is 8.29. The zero-order valence-electron chi connectivity index (χ0n) is 20.8. The lowest BCUT2D eigenvalue weighted by Gasteiger charge is -2.56. The highest BCUT2D eigenvalue weighted by Crippen LogP contribution is 2.61. The maximum absolute atomic E-state index is 5.63. The third-order valence-electron chi connectivity index (χ3n) is 8.29. The summed E-state index contributed by atoms with van der Waals surface area (Å²) in [5, 5.41) is 0. The Labute approximate surface area is 207 Å². The zero-order valence-corrected chi connectivity index (χ0v) is 21.6. The van der Waals surface area contributed by atoms with Crippen LogP contribution in [0.2, 0.25) is 0 Å². The van der Waals surface area contributed by atoms with Crippen molar-refractivity contribution in [2.45, 2.75) is 90.5 Å². The quantitative estimate of drug-likeness (QED) is 0.462. The van der Waals surface area contributed by atoms with Gasteiger partial charge in [-0.3, -0.25) is 0 Å². The van der Waals surface area contributed by atoms with Crippen LogP contribution in [-0.2, 0) is 12.4 Å². The summed E-state index contributed by atoms with van der Waals surface area (Å²) in [4.78, 5) is 0. The minimum atomic E-state index is 0.466. The summed E-state index contributed by atoms with van der Waals surface area (Å²) in [6.07, 6.45) is 26.6. The molecule has 0 aliphatic heterocycles. The van der Waals surface area contributed by atoms with E-state index in [0.29, 0.717) is 16.9 Å². The molecule has 33 heavy (non-hydrogen) atoms. The number of hydrogen-bond donors (Lipinski definition) is 2. The Bertz CT molecular complexity index is 819. The van der Waals surface area contributed by atoms with E-state index in [4.69, 9.17) is 10.5 Å². The molecule has 0 amide bonds. The van der Waals surface area contributed by atoms with Crippen LogP contribution in [0.15, 0.2) is 60.2 Å². The maximum atomic E-state index is 5.63. The standard InChI is InChI=1S/C24H30.C6H13N.HNS/c1-23(2)16-21-17-24(18-23,22-11-7-4-8-12-22)14-13-20(21)15-19-9-5-3-6-10-19;7-6-4-2-1-3-5-6;1-2/h3-11,15,21-22H,12-14,16-18H2,1-2H3;6H,1-5,7H2;1H/b20-15+;;. The molecular formula is C30H44N2S. The predicted molar refractivity (Wildman–Crippen MR) is 145 cm³/mol. The zero-order chi connectivity index (χ0) is 23.7. The summed E-state index contributed by atoms with van der Waals surface area (Å²) in [6.45, 7) is 5.00. The number of fused-ring (bicyclic) bond motifs is 2. The molecule has 0 saturated heterocycles. The van der Waals surface area contributed by atoms with E-state index in [2.05, 4.69) is 87.0 Å². The molecule has 3 atom stereocenters. The number of hydrogen-bond acceptors (Lipinski definition) is 3. The average Bonchev–Trinajstić information content (AvgIpc) is 2.84. The van der Waals surface area contributed by atoms with Crippen LogP contribution in [0.3, 0.4) is 0 Å². The maximum Gasteiger partial charge on any atom is 0.0324 e. The van der Waals surface area contributed by atoms with Crippen molar-refractivity contribution in [3.05, 3.63) is 65.8 Å². The number of nitrogens with two attached hydrogens (primary N) is 1. The SMILES string of the molecule is CC1(C)CC2CC(C3C=CC=CC3)(CC/C2=C\c2ccccc2)C1.N=S.NC1CCCCC1. The van der Waals surface area contributed by atoms with Crippen molar-refractivity contribution in [1.82, 2.24) is 0 Å². The van der Waals surface area contributed by atoms with Crippen LogP contribution in [0.5, 0.6) is 0 Å². The Morgan fingerprint density at radius 2 is 1.73 bits per heavy atom. The van der Waals surface area contributed by atoms with E-state index < -0.39 is 0 Å². The van der Waals surface area contributed by atoms with Crippen molar-refractivity contribution >= 4 is 18.5 Å². The second-order valence-electron chi connectivity index (χ2n) is 11.5. The summed E-state index contributed by atoms with van der Waals surface area (Å²) >= 11 is 3.33. The van der Waals surface area contributed by atoms with Gasteiger partial charge < -0.3 is 5.73 Å². The van der Waals surface area contributed by atoms with Crippen LogP contribution in [0, 0.1) is 27.4 Å². The van der Waals surface area contributed by atoms with Crippen molar-refractivity contribution < 1.29 is 0 Å². The van der Waals surface area contributed by atoms with E-state index in [9.17, 15) is 0 Å². The molecule has 0 spiro atoms. The number of rotatable bonds is 2. The van der Waals surface area contributed by atoms with Gasteiger partial charge in [0.2, 0.25) is 0 Å². The molecule has 4 aliphatic carbocycles. The first kappa shape index (κ1) is 26.0. The van der Waals surface area contributed by atoms with Crippen molar-refractivity contribution in [3.8, 4) is 0 Å². The highest BCUT2D eigenvalue weighted by molar-refractivity contribution is 7.45. The molecule has 0 aromatic heterocycles. The lowest BCUT2D eigenvalue weighted by Crippen LogP contribution is -2.45. The fourth-order valence-corrected chi connectivity index (χ4v) is 6.97. The van der Waals surface area contributed by atoms with Gasteiger partial charge in [-0.2, -0.15) is 0 Å². The van der Waals surface area contributed by atoms with Gasteiger partial charge in [0.1, 0.15) is 0 Å². The molecule has 1 aromatic carbocycles. The normalized spacial score (nSPS) is 31.7. The van der Waals surface area contributed by atoms with Gasteiger partial charge in [0, 0.05) is 18.5 Å². The topological polar surface area (TPSA) is 49.9 Å². The second-order valence-corrected chi connectivity index (χ2v) is 11.5. The summed E-state index contributed by atoms with van der Waals surface area (Å²) in [5.74, 6) is 1.53. The first-order chi connectivity index (χ1) is 16.0. The van der Waals surface area contributed by atoms with E-state index in [0.717, 1.165) is 11.8 Å².